The van der Waals surface area contributed by atoms with Gasteiger partial charge in [0.15, 0.2) is 5.82 Å². The third-order valence-electron chi connectivity index (χ3n) is 4.42. The molecule has 9 heteroatoms. The van der Waals surface area contributed by atoms with Crippen LogP contribution in [0.25, 0.3) is 5.69 Å². The number of hydrogen-bond donors (Lipinski definition) is 1. The number of rotatable bonds is 7. The first kappa shape index (κ1) is 20.7. The first-order valence-electron chi connectivity index (χ1n) is 9.08. The molecule has 2 aromatic carbocycles. The summed E-state index contributed by atoms with van der Waals surface area (Å²) < 4.78 is 42.1. The first-order chi connectivity index (χ1) is 13.9. The predicted molar refractivity (Wildman–Crippen MR) is 108 cm³/mol. The van der Waals surface area contributed by atoms with Gasteiger partial charge in [-0.15, -0.1) is 0 Å². The number of carbonyl (C=O) groups is 1. The monoisotopic (exact) mass is 416 g/mol. The summed E-state index contributed by atoms with van der Waals surface area (Å²) in [6.07, 6.45) is 3.16. The van der Waals surface area contributed by atoms with Crippen molar-refractivity contribution in [3.05, 3.63) is 72.3 Å². The number of sulfonamides is 1. The standard InChI is InChI=1S/C20H21FN4O3S/c1-3-24(4-2)29(27,28)17-9-6-15(7-10-17)20(26)23-16-8-11-19(18(21)14-16)25-13-5-12-22-25/h5-14H,3-4H2,1-2H3,(H,23,26). The molecule has 3 rings (SSSR count). The molecule has 0 radical (unpaired) electrons. The molecule has 1 aromatic heterocycles. The summed E-state index contributed by atoms with van der Waals surface area (Å²) in [6, 6.07) is 11.6. The number of halogens is 1. The van der Waals surface area contributed by atoms with Crippen LogP contribution in [0.1, 0.15) is 24.2 Å². The number of carbonyl (C=O) groups excluding carboxylic acids is 1. The van der Waals surface area contributed by atoms with E-state index in [1.54, 1.807) is 38.4 Å². The maximum Gasteiger partial charge on any atom is 0.255 e. The minimum Gasteiger partial charge on any atom is -0.322 e. The van der Waals surface area contributed by atoms with Gasteiger partial charge in [0, 0.05) is 36.7 Å². The van der Waals surface area contributed by atoms with E-state index in [0.29, 0.717) is 13.1 Å². The molecule has 0 saturated carbocycles. The van der Waals surface area contributed by atoms with Crippen molar-refractivity contribution in [2.45, 2.75) is 18.7 Å². The molecule has 3 aromatic rings. The van der Waals surface area contributed by atoms with Crippen LogP contribution >= 0.6 is 0 Å². The molecule has 1 amide bonds. The molecule has 0 unspecified atom stereocenters. The van der Waals surface area contributed by atoms with Gasteiger partial charge in [-0.25, -0.2) is 17.5 Å². The molecule has 0 spiro atoms. The topological polar surface area (TPSA) is 84.3 Å². The molecular formula is C20H21FN4O3S. The number of nitrogens with one attached hydrogen (secondary N) is 1. The summed E-state index contributed by atoms with van der Waals surface area (Å²) in [5.74, 6) is -1.00. The van der Waals surface area contributed by atoms with Gasteiger partial charge in [0.05, 0.1) is 4.90 Å². The van der Waals surface area contributed by atoms with E-state index in [1.165, 1.54) is 45.4 Å². The largest absolute Gasteiger partial charge is 0.322 e. The number of anilines is 1. The number of nitrogens with zero attached hydrogens (tertiary/aromatic N) is 3. The highest BCUT2D eigenvalue weighted by Crippen LogP contribution is 2.20. The third-order valence-corrected chi connectivity index (χ3v) is 6.48. The Kier molecular flexibility index (Phi) is 6.09. The SMILES string of the molecule is CCN(CC)S(=O)(=O)c1ccc(C(=O)Nc2ccc(-n3cccn3)c(F)c2)cc1. The summed E-state index contributed by atoms with van der Waals surface area (Å²) >= 11 is 0. The number of aromatic nitrogens is 2. The number of amides is 1. The Morgan fingerprint density at radius 2 is 1.83 bits per heavy atom. The lowest BCUT2D eigenvalue weighted by molar-refractivity contribution is 0.102. The van der Waals surface area contributed by atoms with Gasteiger partial charge < -0.3 is 5.32 Å². The molecule has 1 heterocycles. The lowest BCUT2D eigenvalue weighted by Gasteiger charge is -2.18. The molecule has 0 aliphatic rings. The zero-order valence-electron chi connectivity index (χ0n) is 16.0. The van der Waals surface area contributed by atoms with Crippen LogP contribution in [-0.4, -0.2) is 41.5 Å². The van der Waals surface area contributed by atoms with E-state index in [2.05, 4.69) is 10.4 Å². The van der Waals surface area contributed by atoms with Crippen molar-refractivity contribution in [1.29, 1.82) is 0 Å². The smallest absolute Gasteiger partial charge is 0.255 e. The van der Waals surface area contributed by atoms with E-state index in [0.717, 1.165) is 0 Å². The minimum absolute atomic E-state index is 0.118. The van der Waals surface area contributed by atoms with Crippen molar-refractivity contribution >= 4 is 21.6 Å². The Hall–Kier alpha value is -3.04. The lowest BCUT2D eigenvalue weighted by Crippen LogP contribution is -2.30. The van der Waals surface area contributed by atoms with Crippen LogP contribution in [0.2, 0.25) is 0 Å². The van der Waals surface area contributed by atoms with Gasteiger partial charge in [0.2, 0.25) is 10.0 Å². The summed E-state index contributed by atoms with van der Waals surface area (Å²) in [6.45, 7) is 4.25. The molecule has 1 N–H and O–H groups in total. The van der Waals surface area contributed by atoms with Gasteiger partial charge in [-0.05, 0) is 48.5 Å². The highest BCUT2D eigenvalue weighted by molar-refractivity contribution is 7.89. The number of hydrogen-bond acceptors (Lipinski definition) is 4. The van der Waals surface area contributed by atoms with Crippen molar-refractivity contribution < 1.29 is 17.6 Å². The van der Waals surface area contributed by atoms with Crippen LogP contribution in [0.15, 0.2) is 65.8 Å². The van der Waals surface area contributed by atoms with Crippen LogP contribution in [-0.2, 0) is 10.0 Å². The number of benzene rings is 2. The Morgan fingerprint density at radius 3 is 2.38 bits per heavy atom. The second-order valence-electron chi connectivity index (χ2n) is 6.18. The van der Waals surface area contributed by atoms with Crippen molar-refractivity contribution in [2.24, 2.45) is 0 Å². The highest BCUT2D eigenvalue weighted by atomic mass is 32.2. The van der Waals surface area contributed by atoms with E-state index in [4.69, 9.17) is 0 Å². The molecule has 0 fully saturated rings. The van der Waals surface area contributed by atoms with Gasteiger partial charge in [-0.1, -0.05) is 13.8 Å². The van der Waals surface area contributed by atoms with Crippen molar-refractivity contribution in [2.75, 3.05) is 18.4 Å². The zero-order chi connectivity index (χ0) is 21.0. The van der Waals surface area contributed by atoms with Gasteiger partial charge in [-0.3, -0.25) is 4.79 Å². The lowest BCUT2D eigenvalue weighted by atomic mass is 10.2. The Morgan fingerprint density at radius 1 is 1.14 bits per heavy atom. The van der Waals surface area contributed by atoms with Crippen molar-refractivity contribution in [1.82, 2.24) is 14.1 Å². The van der Waals surface area contributed by atoms with Gasteiger partial charge in [0.1, 0.15) is 5.69 Å². The van der Waals surface area contributed by atoms with Gasteiger partial charge in [-0.2, -0.15) is 9.40 Å². The van der Waals surface area contributed by atoms with E-state index in [1.807, 2.05) is 0 Å². The molecule has 0 aliphatic heterocycles. The summed E-state index contributed by atoms with van der Waals surface area (Å²) in [7, 11) is -3.59. The van der Waals surface area contributed by atoms with E-state index in [-0.39, 0.29) is 21.8 Å². The normalized spacial score (nSPS) is 11.6. The third kappa shape index (κ3) is 4.36. The quantitative estimate of drug-likeness (QED) is 0.641. The fourth-order valence-electron chi connectivity index (χ4n) is 2.88. The molecule has 0 aliphatic carbocycles. The van der Waals surface area contributed by atoms with Gasteiger partial charge in [0.25, 0.3) is 5.91 Å². The molecule has 29 heavy (non-hydrogen) atoms. The van der Waals surface area contributed by atoms with E-state index < -0.39 is 21.7 Å². The maximum atomic E-state index is 14.3. The van der Waals surface area contributed by atoms with Crippen LogP contribution in [0.5, 0.6) is 0 Å². The average Bonchev–Trinajstić information content (AvgIpc) is 3.23. The van der Waals surface area contributed by atoms with E-state index in [9.17, 15) is 17.6 Å². The molecule has 0 saturated heterocycles. The predicted octanol–water partition coefficient (Wildman–Crippen LogP) is 3.29. The molecule has 152 valence electrons. The van der Waals surface area contributed by atoms with Gasteiger partial charge >= 0.3 is 0 Å². The first-order valence-corrected chi connectivity index (χ1v) is 10.5. The zero-order valence-corrected chi connectivity index (χ0v) is 16.9. The Labute approximate surface area is 168 Å². The summed E-state index contributed by atoms with van der Waals surface area (Å²) in [5, 5.41) is 6.58. The average molecular weight is 416 g/mol. The fourth-order valence-corrected chi connectivity index (χ4v) is 4.33. The molecule has 0 atom stereocenters. The minimum atomic E-state index is -3.59. The van der Waals surface area contributed by atoms with Crippen LogP contribution < -0.4 is 5.32 Å². The molecule has 7 nitrogen and oxygen atoms in total. The van der Waals surface area contributed by atoms with Crippen molar-refractivity contribution in [3.8, 4) is 5.69 Å². The Bertz CT molecular complexity index is 1090. The summed E-state index contributed by atoms with van der Waals surface area (Å²) in [4.78, 5) is 12.6. The molecule has 0 bridgehead atoms. The van der Waals surface area contributed by atoms with Crippen LogP contribution in [0.3, 0.4) is 0 Å². The fraction of sp³-hybridized carbons (Fsp3) is 0.200. The van der Waals surface area contributed by atoms with Crippen LogP contribution in [0, 0.1) is 5.82 Å². The van der Waals surface area contributed by atoms with Crippen molar-refractivity contribution in [3.63, 3.8) is 0 Å². The summed E-state index contributed by atoms with van der Waals surface area (Å²) in [5.41, 5.74) is 0.808. The second kappa shape index (κ2) is 8.54. The highest BCUT2D eigenvalue weighted by Gasteiger charge is 2.21. The van der Waals surface area contributed by atoms with E-state index >= 15 is 0 Å². The van der Waals surface area contributed by atoms with Crippen LogP contribution in [0.4, 0.5) is 10.1 Å². The second-order valence-corrected chi connectivity index (χ2v) is 8.12. The molecular weight excluding hydrogens is 395 g/mol. The Balaban J connectivity index is 1.75. The maximum absolute atomic E-state index is 14.3.